The highest BCUT2D eigenvalue weighted by Crippen LogP contribution is 2.15. The van der Waals surface area contributed by atoms with Gasteiger partial charge >= 0.3 is 5.97 Å². The molecule has 1 amide bonds. The molecule has 0 saturated carbocycles. The van der Waals surface area contributed by atoms with Crippen LogP contribution in [-0.2, 0) is 4.79 Å². The Labute approximate surface area is 102 Å². The molecule has 6 heteroatoms. The lowest BCUT2D eigenvalue weighted by Crippen LogP contribution is -2.39. The quantitative estimate of drug-likeness (QED) is 0.782. The molecule has 1 heterocycles. The van der Waals surface area contributed by atoms with Crippen molar-refractivity contribution in [2.45, 2.75) is 26.3 Å². The number of carboxylic acid groups (broad SMARTS) is 1. The third kappa shape index (κ3) is 3.39. The first-order valence-corrected chi connectivity index (χ1v) is 5.96. The fraction of sp³-hybridized carbons (Fsp3) is 0.364. The summed E-state index contributed by atoms with van der Waals surface area (Å²) in [5.74, 6) is -1.65. The molecular weight excluding hydrogens is 242 g/mol. The zero-order valence-corrected chi connectivity index (χ0v) is 10.3. The molecule has 0 aliphatic rings. The van der Waals surface area contributed by atoms with Crippen LogP contribution < -0.4 is 5.32 Å². The van der Waals surface area contributed by atoms with Crippen LogP contribution in [0.2, 0.25) is 0 Å². The Bertz CT molecular complexity index is 452. The first-order valence-electron chi connectivity index (χ1n) is 5.08. The average Bonchev–Trinajstić information content (AvgIpc) is 2.74. The molecule has 0 spiro atoms. The van der Waals surface area contributed by atoms with Crippen molar-refractivity contribution in [3.8, 4) is 0 Å². The summed E-state index contributed by atoms with van der Waals surface area (Å²) >= 11 is 1.12. The second-order valence-corrected chi connectivity index (χ2v) is 4.44. The van der Waals surface area contributed by atoms with Crippen molar-refractivity contribution in [2.75, 3.05) is 0 Å². The van der Waals surface area contributed by atoms with Gasteiger partial charge in [0.15, 0.2) is 5.78 Å². The molecule has 2 N–H and O–H groups in total. The van der Waals surface area contributed by atoms with Crippen molar-refractivity contribution < 1.29 is 19.5 Å². The molecule has 5 nitrogen and oxygen atoms in total. The van der Waals surface area contributed by atoms with Crippen molar-refractivity contribution in [1.29, 1.82) is 0 Å². The number of amides is 1. The van der Waals surface area contributed by atoms with E-state index in [1.54, 1.807) is 12.3 Å². The predicted molar refractivity (Wildman–Crippen MR) is 63.5 cm³/mol. The Morgan fingerprint density at radius 2 is 2.12 bits per heavy atom. The number of nitrogens with one attached hydrogen (secondary N) is 1. The van der Waals surface area contributed by atoms with Gasteiger partial charge in [-0.1, -0.05) is 6.92 Å². The van der Waals surface area contributed by atoms with E-state index in [1.165, 1.54) is 13.0 Å². The molecule has 92 valence electrons. The maximum absolute atomic E-state index is 11.7. The van der Waals surface area contributed by atoms with Crippen LogP contribution in [0.15, 0.2) is 11.4 Å². The molecule has 1 unspecified atom stereocenters. The van der Waals surface area contributed by atoms with Crippen molar-refractivity contribution in [3.63, 3.8) is 0 Å². The number of Topliss-reactive ketones (excluding diaryl/α,β-unsaturated/α-hetero) is 1. The summed E-state index contributed by atoms with van der Waals surface area (Å²) in [6.07, 6.45) is 0.312. The molecule has 0 bridgehead atoms. The molecule has 1 aromatic heterocycles. The molecule has 0 aliphatic heterocycles. The van der Waals surface area contributed by atoms with Gasteiger partial charge in [-0.2, -0.15) is 0 Å². The largest absolute Gasteiger partial charge is 0.480 e. The number of thiophene rings is 1. The van der Waals surface area contributed by atoms with Gasteiger partial charge in [-0.25, -0.2) is 4.79 Å². The lowest BCUT2D eigenvalue weighted by molar-refractivity contribution is -0.139. The molecule has 0 aliphatic carbocycles. The third-order valence-corrected chi connectivity index (χ3v) is 3.17. The number of carboxylic acids is 1. The zero-order chi connectivity index (χ0) is 13.0. The van der Waals surface area contributed by atoms with Crippen LogP contribution in [0, 0.1) is 0 Å². The van der Waals surface area contributed by atoms with E-state index in [0.717, 1.165) is 11.3 Å². The lowest BCUT2D eigenvalue weighted by atomic mass is 10.2. The second-order valence-electron chi connectivity index (χ2n) is 3.53. The van der Waals surface area contributed by atoms with Crippen LogP contribution in [0.1, 0.15) is 40.3 Å². The minimum Gasteiger partial charge on any atom is -0.480 e. The molecule has 1 atom stereocenters. The monoisotopic (exact) mass is 255 g/mol. The number of ketones is 1. The van der Waals surface area contributed by atoms with Gasteiger partial charge in [0.2, 0.25) is 0 Å². The molecular formula is C11H13NO4S. The first kappa shape index (κ1) is 13.4. The molecule has 17 heavy (non-hydrogen) atoms. The highest BCUT2D eigenvalue weighted by Gasteiger charge is 2.19. The highest BCUT2D eigenvalue weighted by atomic mass is 32.1. The number of carbonyl (C=O) groups excluding carboxylic acids is 2. The summed E-state index contributed by atoms with van der Waals surface area (Å²) in [6.45, 7) is 3.09. The normalized spacial score (nSPS) is 11.9. The number of rotatable bonds is 5. The average molecular weight is 255 g/mol. The van der Waals surface area contributed by atoms with Gasteiger partial charge in [0.1, 0.15) is 6.04 Å². The van der Waals surface area contributed by atoms with Crippen LogP contribution in [-0.4, -0.2) is 28.8 Å². The van der Waals surface area contributed by atoms with Crippen molar-refractivity contribution in [1.82, 2.24) is 5.32 Å². The van der Waals surface area contributed by atoms with Gasteiger partial charge in [-0.15, -0.1) is 11.3 Å². The van der Waals surface area contributed by atoms with Crippen LogP contribution in [0.3, 0.4) is 0 Å². The first-order chi connectivity index (χ1) is 7.95. The van der Waals surface area contributed by atoms with E-state index in [4.69, 9.17) is 5.11 Å². The predicted octanol–water partition coefficient (Wildman–Crippen LogP) is 1.54. The van der Waals surface area contributed by atoms with E-state index in [9.17, 15) is 14.4 Å². The summed E-state index contributed by atoms with van der Waals surface area (Å²) in [5, 5.41) is 12.8. The fourth-order valence-electron chi connectivity index (χ4n) is 1.21. The van der Waals surface area contributed by atoms with E-state index in [-0.39, 0.29) is 5.78 Å². The van der Waals surface area contributed by atoms with E-state index in [0.29, 0.717) is 16.9 Å². The van der Waals surface area contributed by atoms with Gasteiger partial charge in [-0.05, 0) is 19.4 Å². The topological polar surface area (TPSA) is 83.5 Å². The van der Waals surface area contributed by atoms with E-state index < -0.39 is 17.9 Å². The smallest absolute Gasteiger partial charge is 0.326 e. The van der Waals surface area contributed by atoms with Gasteiger partial charge in [-0.3, -0.25) is 9.59 Å². The van der Waals surface area contributed by atoms with E-state index in [1.807, 2.05) is 0 Å². The van der Waals surface area contributed by atoms with Gasteiger partial charge in [0.25, 0.3) is 5.91 Å². The molecule has 0 radical (unpaired) electrons. The molecule has 0 aromatic carbocycles. The summed E-state index contributed by atoms with van der Waals surface area (Å²) in [5.41, 5.74) is 0.462. The Balaban J connectivity index is 2.75. The Morgan fingerprint density at radius 3 is 2.53 bits per heavy atom. The van der Waals surface area contributed by atoms with Gasteiger partial charge < -0.3 is 10.4 Å². The summed E-state index contributed by atoms with van der Waals surface area (Å²) in [7, 11) is 0. The van der Waals surface area contributed by atoms with Crippen LogP contribution in [0.5, 0.6) is 0 Å². The summed E-state index contributed by atoms with van der Waals surface area (Å²) in [4.78, 5) is 33.8. The number of hydrogen-bond acceptors (Lipinski definition) is 4. The van der Waals surface area contributed by atoms with Gasteiger partial charge in [0, 0.05) is 10.9 Å². The Morgan fingerprint density at radius 1 is 1.47 bits per heavy atom. The number of carbonyl (C=O) groups is 3. The van der Waals surface area contributed by atoms with Crippen molar-refractivity contribution in [3.05, 3.63) is 21.9 Å². The van der Waals surface area contributed by atoms with E-state index >= 15 is 0 Å². The summed E-state index contributed by atoms with van der Waals surface area (Å²) < 4.78 is 0. The molecule has 1 rings (SSSR count). The highest BCUT2D eigenvalue weighted by molar-refractivity contribution is 7.12. The zero-order valence-electron chi connectivity index (χ0n) is 9.52. The minimum atomic E-state index is -1.07. The Hall–Kier alpha value is -1.69. The van der Waals surface area contributed by atoms with Crippen LogP contribution in [0.25, 0.3) is 0 Å². The SMILES string of the molecule is CCC(NC(=O)c1cc(C(C)=O)cs1)C(=O)O. The minimum absolute atomic E-state index is 0.120. The molecule has 0 saturated heterocycles. The van der Waals surface area contributed by atoms with Crippen molar-refractivity contribution >= 4 is 29.0 Å². The standard InChI is InChI=1S/C11H13NO4S/c1-3-8(11(15)16)12-10(14)9-4-7(5-17-9)6(2)13/h4-5,8H,3H2,1-2H3,(H,12,14)(H,15,16). The lowest BCUT2D eigenvalue weighted by Gasteiger charge is -2.10. The van der Waals surface area contributed by atoms with Crippen LogP contribution >= 0.6 is 11.3 Å². The maximum atomic E-state index is 11.7. The second kappa shape index (κ2) is 5.58. The van der Waals surface area contributed by atoms with Crippen LogP contribution in [0.4, 0.5) is 0 Å². The third-order valence-electron chi connectivity index (χ3n) is 2.24. The number of hydrogen-bond donors (Lipinski definition) is 2. The number of aliphatic carboxylic acids is 1. The van der Waals surface area contributed by atoms with Crippen molar-refractivity contribution in [2.24, 2.45) is 0 Å². The maximum Gasteiger partial charge on any atom is 0.326 e. The molecule has 0 fully saturated rings. The molecule has 1 aromatic rings. The fourth-order valence-corrected chi connectivity index (χ4v) is 2.06. The Kier molecular flexibility index (Phi) is 4.39. The van der Waals surface area contributed by atoms with E-state index in [2.05, 4.69) is 5.32 Å². The summed E-state index contributed by atoms with van der Waals surface area (Å²) in [6, 6.07) is 0.571. The van der Waals surface area contributed by atoms with Gasteiger partial charge in [0.05, 0.1) is 4.88 Å².